The molecule has 0 aliphatic carbocycles. The highest BCUT2D eigenvalue weighted by atomic mass is 32.2. The lowest BCUT2D eigenvalue weighted by atomic mass is 10.1. The molecule has 0 spiro atoms. The standard InChI is InChI=1S/C13H10F7NO3S/c14-10-3-1-2-9(12(15,16)17)8(10)6-25(23)7-4-21(5-7)24-11(22)13(18,19)20/h1-3,7H,4-6H2. The maximum Gasteiger partial charge on any atom is 0.492 e. The Hall–Kier alpha value is -1.69. The summed E-state index contributed by atoms with van der Waals surface area (Å²) in [5.74, 6) is -4.39. The van der Waals surface area contributed by atoms with Crippen LogP contribution in [-0.4, -0.2) is 39.8 Å². The maximum absolute atomic E-state index is 13.7. The first-order valence-electron chi connectivity index (χ1n) is 6.65. The summed E-state index contributed by atoms with van der Waals surface area (Å²) in [5, 5.41) is -0.258. The average molecular weight is 393 g/mol. The Morgan fingerprint density at radius 3 is 2.32 bits per heavy atom. The molecule has 0 radical (unpaired) electrons. The van der Waals surface area contributed by atoms with Gasteiger partial charge in [-0.25, -0.2) is 9.18 Å². The summed E-state index contributed by atoms with van der Waals surface area (Å²) >= 11 is 0. The van der Waals surface area contributed by atoms with E-state index in [4.69, 9.17) is 0 Å². The van der Waals surface area contributed by atoms with E-state index in [1.165, 1.54) is 0 Å². The second-order valence-electron chi connectivity index (χ2n) is 5.13. The fourth-order valence-electron chi connectivity index (χ4n) is 2.04. The van der Waals surface area contributed by atoms with Gasteiger partial charge in [-0.15, -0.1) is 5.06 Å². The van der Waals surface area contributed by atoms with E-state index < -0.39 is 57.1 Å². The van der Waals surface area contributed by atoms with Crippen molar-refractivity contribution < 1.29 is 44.6 Å². The maximum atomic E-state index is 13.7. The first-order valence-corrected chi connectivity index (χ1v) is 8.03. The molecule has 1 unspecified atom stereocenters. The van der Waals surface area contributed by atoms with Crippen molar-refractivity contribution >= 4 is 16.8 Å². The predicted octanol–water partition coefficient (Wildman–Crippen LogP) is 2.80. The first-order chi connectivity index (χ1) is 11.4. The van der Waals surface area contributed by atoms with E-state index in [0.29, 0.717) is 11.1 Å². The third-order valence-corrected chi connectivity index (χ3v) is 4.96. The number of rotatable bonds is 4. The number of alkyl halides is 6. The summed E-state index contributed by atoms with van der Waals surface area (Å²) in [7, 11) is -2.00. The van der Waals surface area contributed by atoms with E-state index in [0.717, 1.165) is 12.1 Å². The molecule has 2 rings (SSSR count). The molecule has 1 aromatic carbocycles. The molecular weight excluding hydrogens is 383 g/mol. The SMILES string of the molecule is O=C(ON1CC(S(=O)Cc2c(F)cccc2C(F)(F)F)C1)C(F)(F)F. The Kier molecular flexibility index (Phi) is 5.42. The van der Waals surface area contributed by atoms with Gasteiger partial charge in [-0.05, 0) is 12.1 Å². The minimum Gasteiger partial charge on any atom is -0.361 e. The van der Waals surface area contributed by atoms with Gasteiger partial charge < -0.3 is 4.84 Å². The smallest absolute Gasteiger partial charge is 0.361 e. The number of hydroxylamine groups is 2. The van der Waals surface area contributed by atoms with E-state index in [1.54, 1.807) is 0 Å². The fraction of sp³-hybridized carbons (Fsp3) is 0.462. The van der Waals surface area contributed by atoms with Gasteiger partial charge in [0.25, 0.3) is 0 Å². The van der Waals surface area contributed by atoms with Gasteiger partial charge in [-0.1, -0.05) is 6.07 Å². The van der Waals surface area contributed by atoms with Crippen LogP contribution in [-0.2, 0) is 32.4 Å². The molecule has 0 amide bonds. The van der Waals surface area contributed by atoms with Crippen molar-refractivity contribution in [3.05, 3.63) is 35.1 Å². The Labute approximate surface area is 139 Å². The van der Waals surface area contributed by atoms with Crippen LogP contribution in [0.15, 0.2) is 18.2 Å². The van der Waals surface area contributed by atoms with E-state index >= 15 is 0 Å². The molecule has 25 heavy (non-hydrogen) atoms. The highest BCUT2D eigenvalue weighted by Gasteiger charge is 2.45. The molecular formula is C13H10F7NO3S. The summed E-state index contributed by atoms with van der Waals surface area (Å²) in [4.78, 5) is 14.6. The van der Waals surface area contributed by atoms with Gasteiger partial charge in [-0.2, -0.15) is 26.3 Å². The van der Waals surface area contributed by atoms with Crippen molar-refractivity contribution in [2.24, 2.45) is 0 Å². The molecule has 12 heteroatoms. The molecule has 1 aromatic rings. The van der Waals surface area contributed by atoms with Crippen molar-refractivity contribution in [2.75, 3.05) is 13.1 Å². The van der Waals surface area contributed by atoms with Crippen LogP contribution in [0.25, 0.3) is 0 Å². The molecule has 1 fully saturated rings. The van der Waals surface area contributed by atoms with Gasteiger partial charge in [0.05, 0.1) is 29.7 Å². The quantitative estimate of drug-likeness (QED) is 0.739. The van der Waals surface area contributed by atoms with Crippen molar-refractivity contribution in [3.8, 4) is 0 Å². The molecule has 0 bridgehead atoms. The topological polar surface area (TPSA) is 46.6 Å². The minimum absolute atomic E-state index is 0.357. The molecule has 140 valence electrons. The second-order valence-corrected chi connectivity index (χ2v) is 6.85. The number of hydrogen-bond donors (Lipinski definition) is 0. The van der Waals surface area contributed by atoms with Crippen molar-refractivity contribution in [3.63, 3.8) is 0 Å². The fourth-order valence-corrected chi connectivity index (χ4v) is 3.52. The van der Waals surface area contributed by atoms with Gasteiger partial charge in [0.2, 0.25) is 0 Å². The van der Waals surface area contributed by atoms with E-state index in [1.807, 2.05) is 0 Å². The molecule has 1 atom stereocenters. The van der Waals surface area contributed by atoms with E-state index in [2.05, 4.69) is 4.84 Å². The third-order valence-electron chi connectivity index (χ3n) is 3.34. The van der Waals surface area contributed by atoms with Gasteiger partial charge in [0.1, 0.15) is 5.82 Å². The lowest BCUT2D eigenvalue weighted by Crippen LogP contribution is -2.54. The van der Waals surface area contributed by atoms with Crippen LogP contribution in [0.2, 0.25) is 0 Å². The lowest BCUT2D eigenvalue weighted by molar-refractivity contribution is -0.249. The van der Waals surface area contributed by atoms with E-state index in [9.17, 15) is 39.7 Å². The number of benzene rings is 1. The van der Waals surface area contributed by atoms with Crippen LogP contribution < -0.4 is 0 Å². The Bertz CT molecular complexity index is 683. The van der Waals surface area contributed by atoms with Crippen LogP contribution >= 0.6 is 0 Å². The third kappa shape index (κ3) is 4.69. The summed E-state index contributed by atoms with van der Waals surface area (Å²) in [6.07, 6.45) is -10.0. The number of halogens is 7. The van der Waals surface area contributed by atoms with Gasteiger partial charge >= 0.3 is 18.3 Å². The Morgan fingerprint density at radius 2 is 1.80 bits per heavy atom. The van der Waals surface area contributed by atoms with Crippen LogP contribution in [0.4, 0.5) is 30.7 Å². The van der Waals surface area contributed by atoms with Gasteiger partial charge in [0.15, 0.2) is 0 Å². The monoisotopic (exact) mass is 393 g/mol. The molecule has 1 heterocycles. The highest BCUT2D eigenvalue weighted by Crippen LogP contribution is 2.34. The predicted molar refractivity (Wildman–Crippen MR) is 70.8 cm³/mol. The molecule has 1 saturated heterocycles. The van der Waals surface area contributed by atoms with Crippen LogP contribution in [0.5, 0.6) is 0 Å². The largest absolute Gasteiger partial charge is 0.492 e. The molecule has 1 aliphatic rings. The summed E-state index contributed by atoms with van der Waals surface area (Å²) in [6.45, 7) is -0.714. The van der Waals surface area contributed by atoms with Crippen LogP contribution in [0.3, 0.4) is 0 Å². The molecule has 0 saturated carbocycles. The molecule has 0 aromatic heterocycles. The Morgan fingerprint density at radius 1 is 1.20 bits per heavy atom. The zero-order valence-electron chi connectivity index (χ0n) is 12.2. The van der Waals surface area contributed by atoms with Crippen molar-refractivity contribution in [2.45, 2.75) is 23.4 Å². The van der Waals surface area contributed by atoms with Crippen LogP contribution in [0, 0.1) is 5.82 Å². The van der Waals surface area contributed by atoms with Crippen LogP contribution in [0.1, 0.15) is 11.1 Å². The minimum atomic E-state index is -5.20. The van der Waals surface area contributed by atoms with Gasteiger partial charge in [0, 0.05) is 16.4 Å². The zero-order chi connectivity index (χ0) is 19.0. The summed E-state index contributed by atoms with van der Waals surface area (Å²) in [6, 6.07) is 2.31. The first kappa shape index (κ1) is 19.6. The van der Waals surface area contributed by atoms with E-state index in [-0.39, 0.29) is 13.1 Å². The normalized spacial score (nSPS) is 17.9. The van der Waals surface area contributed by atoms with Crippen molar-refractivity contribution in [1.29, 1.82) is 0 Å². The number of hydrogen-bond acceptors (Lipinski definition) is 4. The Balaban J connectivity index is 1.98. The molecule has 4 nitrogen and oxygen atoms in total. The second kappa shape index (κ2) is 6.90. The van der Waals surface area contributed by atoms with Crippen molar-refractivity contribution in [1.82, 2.24) is 5.06 Å². The zero-order valence-corrected chi connectivity index (χ0v) is 13.0. The average Bonchev–Trinajstić information content (AvgIpc) is 2.41. The molecule has 0 N–H and O–H groups in total. The number of carbonyl (C=O) groups excluding carboxylic acids is 1. The summed E-state index contributed by atoms with van der Waals surface area (Å²) < 4.78 is 100. The number of carbonyl (C=O) groups is 1. The number of nitrogens with zero attached hydrogens (tertiary/aromatic N) is 1. The highest BCUT2D eigenvalue weighted by molar-refractivity contribution is 7.85. The molecule has 1 aliphatic heterocycles. The lowest BCUT2D eigenvalue weighted by Gasteiger charge is -2.36. The van der Waals surface area contributed by atoms with Gasteiger partial charge in [-0.3, -0.25) is 4.21 Å². The summed E-state index contributed by atoms with van der Waals surface area (Å²) in [5.41, 5.74) is -2.04.